The molecule has 0 fully saturated rings. The van der Waals surface area contributed by atoms with Gasteiger partial charge in [0.05, 0.1) is 11.4 Å². The smallest absolute Gasteiger partial charge is 0.411 e. The molecule has 1 amide bonds. The van der Waals surface area contributed by atoms with Crippen LogP contribution in [-0.4, -0.2) is 31.0 Å². The summed E-state index contributed by atoms with van der Waals surface area (Å²) in [5.74, 6) is 0. The van der Waals surface area contributed by atoms with Crippen molar-refractivity contribution < 1.29 is 17.9 Å². The van der Waals surface area contributed by atoms with E-state index in [9.17, 15) is 13.2 Å². The first-order valence-corrected chi connectivity index (χ1v) is 12.7. The molecular formula is C23H27N3O4S2. The number of anilines is 2. The fourth-order valence-corrected chi connectivity index (χ4v) is 6.03. The molecule has 0 aromatic heterocycles. The van der Waals surface area contributed by atoms with E-state index < -0.39 is 27.0 Å². The number of fused-ring (bicyclic) bond motifs is 2. The van der Waals surface area contributed by atoms with Crippen LogP contribution in [0.4, 0.5) is 16.2 Å². The molecule has 0 spiro atoms. The van der Waals surface area contributed by atoms with Gasteiger partial charge in [0, 0.05) is 34.7 Å². The van der Waals surface area contributed by atoms with Gasteiger partial charge in [0.1, 0.15) is 10.9 Å². The molecule has 2 aliphatic rings. The first kappa shape index (κ1) is 22.5. The first-order chi connectivity index (χ1) is 15.0. The third-order valence-electron chi connectivity index (χ3n) is 5.19. The van der Waals surface area contributed by atoms with Crippen molar-refractivity contribution in [1.82, 2.24) is 9.62 Å². The highest BCUT2D eigenvalue weighted by Crippen LogP contribution is 2.45. The summed E-state index contributed by atoms with van der Waals surface area (Å²) in [6.07, 6.45) is 1.32. The van der Waals surface area contributed by atoms with Crippen LogP contribution >= 0.6 is 11.8 Å². The molecule has 0 aliphatic carbocycles. The number of nitrogens with one attached hydrogen (secondary N) is 2. The molecule has 4 rings (SSSR count). The summed E-state index contributed by atoms with van der Waals surface area (Å²) >= 11 is 1.66. The zero-order valence-corrected chi connectivity index (χ0v) is 20.1. The number of hydrogen-bond donors (Lipinski definition) is 2. The summed E-state index contributed by atoms with van der Waals surface area (Å²) < 4.78 is 33.1. The number of sulfonamides is 1. The van der Waals surface area contributed by atoms with Crippen LogP contribution in [0.2, 0.25) is 0 Å². The van der Waals surface area contributed by atoms with Gasteiger partial charge < -0.3 is 10.1 Å². The highest BCUT2D eigenvalue weighted by Gasteiger charge is 2.32. The van der Waals surface area contributed by atoms with Crippen LogP contribution in [0.25, 0.3) is 0 Å². The molecule has 1 atom stereocenters. The van der Waals surface area contributed by atoms with Gasteiger partial charge in [-0.25, -0.2) is 13.2 Å². The molecule has 2 aromatic carbocycles. The largest absolute Gasteiger partial charge is 0.444 e. The minimum absolute atomic E-state index is 0.282. The lowest BCUT2D eigenvalue weighted by molar-refractivity contribution is 0.0545. The van der Waals surface area contributed by atoms with Gasteiger partial charge in [-0.05, 0) is 57.5 Å². The van der Waals surface area contributed by atoms with Crippen LogP contribution in [0.3, 0.4) is 0 Å². The van der Waals surface area contributed by atoms with Crippen molar-refractivity contribution in [3.05, 3.63) is 59.9 Å². The standard InChI is InChI=1S/C23H27N3O4S2/c1-15(16-9-10-21-19(13-16)25-18-7-5-6-8-20(18)31-21)32(28,29)26-12-11-17(14-26)24-22(27)30-23(2,3)4/h5-10,13-15,25H,11-12H2,1-4H3,(H,24,27). The van der Waals surface area contributed by atoms with E-state index in [0.29, 0.717) is 17.7 Å². The highest BCUT2D eigenvalue weighted by atomic mass is 32.2. The predicted octanol–water partition coefficient (Wildman–Crippen LogP) is 5.36. The lowest BCUT2D eigenvalue weighted by Gasteiger charge is -2.24. The van der Waals surface area contributed by atoms with Gasteiger partial charge in [-0.1, -0.05) is 30.0 Å². The van der Waals surface area contributed by atoms with Gasteiger partial charge in [0.25, 0.3) is 0 Å². The molecule has 7 nitrogen and oxygen atoms in total. The Labute approximate surface area is 193 Å². The Morgan fingerprint density at radius 3 is 2.62 bits per heavy atom. The van der Waals surface area contributed by atoms with Crippen LogP contribution in [0.1, 0.15) is 44.9 Å². The molecule has 2 heterocycles. The molecule has 2 aliphatic heterocycles. The lowest BCUT2D eigenvalue weighted by Crippen LogP contribution is -2.31. The van der Waals surface area contributed by atoms with Gasteiger partial charge in [-0.15, -0.1) is 0 Å². The van der Waals surface area contributed by atoms with Crippen molar-refractivity contribution in [3.8, 4) is 0 Å². The van der Waals surface area contributed by atoms with E-state index in [0.717, 1.165) is 21.2 Å². The zero-order valence-electron chi connectivity index (χ0n) is 18.5. The van der Waals surface area contributed by atoms with E-state index in [-0.39, 0.29) is 6.54 Å². The number of rotatable bonds is 4. The number of para-hydroxylation sites is 1. The van der Waals surface area contributed by atoms with Crippen molar-refractivity contribution in [1.29, 1.82) is 0 Å². The van der Waals surface area contributed by atoms with Gasteiger partial charge in [-0.3, -0.25) is 9.62 Å². The number of hydrogen-bond acceptors (Lipinski definition) is 6. The van der Waals surface area contributed by atoms with Crippen LogP contribution in [0.15, 0.2) is 64.2 Å². The van der Waals surface area contributed by atoms with E-state index in [4.69, 9.17) is 4.74 Å². The summed E-state index contributed by atoms with van der Waals surface area (Å²) in [6, 6.07) is 13.8. The van der Waals surface area contributed by atoms with Gasteiger partial charge in [0.15, 0.2) is 0 Å². The summed E-state index contributed by atoms with van der Waals surface area (Å²) in [5.41, 5.74) is 2.52. The monoisotopic (exact) mass is 473 g/mol. The second-order valence-electron chi connectivity index (χ2n) is 8.81. The topological polar surface area (TPSA) is 87.7 Å². The van der Waals surface area contributed by atoms with Crippen molar-refractivity contribution in [2.45, 2.75) is 54.8 Å². The number of alkyl carbamates (subject to hydrolysis) is 1. The molecule has 0 saturated carbocycles. The number of carbonyl (C=O) groups excluding carboxylic acids is 1. The van der Waals surface area contributed by atoms with E-state index in [1.165, 1.54) is 10.5 Å². The van der Waals surface area contributed by atoms with Crippen molar-refractivity contribution in [2.24, 2.45) is 0 Å². The molecule has 0 bridgehead atoms. The summed E-state index contributed by atoms with van der Waals surface area (Å²) in [7, 11) is -3.65. The summed E-state index contributed by atoms with van der Waals surface area (Å²) in [6.45, 7) is 7.30. The predicted molar refractivity (Wildman–Crippen MR) is 126 cm³/mol. The third kappa shape index (κ3) is 4.73. The van der Waals surface area contributed by atoms with Gasteiger partial charge >= 0.3 is 6.09 Å². The average Bonchev–Trinajstić information content (AvgIpc) is 3.19. The quantitative estimate of drug-likeness (QED) is 0.531. The molecule has 0 saturated heterocycles. The molecule has 2 N–H and O–H groups in total. The Bertz CT molecular complexity index is 1190. The molecule has 32 heavy (non-hydrogen) atoms. The highest BCUT2D eigenvalue weighted by molar-refractivity contribution is 7.99. The number of nitrogens with zero attached hydrogens (tertiary/aromatic N) is 1. The second kappa shape index (κ2) is 8.37. The normalized spacial score (nSPS) is 16.4. The second-order valence-corrected chi connectivity index (χ2v) is 12.1. The number of carbonyl (C=O) groups is 1. The molecule has 170 valence electrons. The van der Waals surface area contributed by atoms with Crippen molar-refractivity contribution in [3.63, 3.8) is 0 Å². The maximum atomic E-state index is 13.3. The van der Waals surface area contributed by atoms with E-state index in [1.54, 1.807) is 39.5 Å². The molecule has 0 radical (unpaired) electrons. The number of benzene rings is 2. The van der Waals surface area contributed by atoms with Gasteiger partial charge in [0.2, 0.25) is 10.0 Å². The van der Waals surface area contributed by atoms with E-state index >= 15 is 0 Å². The Morgan fingerprint density at radius 2 is 1.88 bits per heavy atom. The summed E-state index contributed by atoms with van der Waals surface area (Å²) in [5, 5.41) is 5.31. The van der Waals surface area contributed by atoms with Crippen LogP contribution in [0, 0.1) is 0 Å². The van der Waals surface area contributed by atoms with E-state index in [2.05, 4.69) is 16.7 Å². The Kier molecular flexibility index (Phi) is 5.89. The molecule has 1 unspecified atom stereocenters. The van der Waals surface area contributed by atoms with E-state index in [1.807, 2.05) is 36.4 Å². The SMILES string of the molecule is CC(c1ccc2c(c1)Nc1ccccc1S2)S(=O)(=O)N1C=C(NC(=O)OC(C)(C)C)CC1. The Morgan fingerprint density at radius 1 is 1.16 bits per heavy atom. The van der Waals surface area contributed by atoms with Crippen molar-refractivity contribution in [2.75, 3.05) is 11.9 Å². The average molecular weight is 474 g/mol. The minimum Gasteiger partial charge on any atom is -0.444 e. The lowest BCUT2D eigenvalue weighted by atomic mass is 10.1. The number of ether oxygens (including phenoxy) is 1. The minimum atomic E-state index is -3.65. The molecular weight excluding hydrogens is 446 g/mol. The maximum Gasteiger partial charge on any atom is 0.411 e. The van der Waals surface area contributed by atoms with Crippen LogP contribution < -0.4 is 10.6 Å². The number of amides is 1. The Hall–Kier alpha value is -2.65. The molecule has 9 heteroatoms. The molecule has 2 aromatic rings. The fraction of sp³-hybridized carbons (Fsp3) is 0.348. The van der Waals surface area contributed by atoms with Crippen LogP contribution in [-0.2, 0) is 14.8 Å². The maximum absolute atomic E-state index is 13.3. The summed E-state index contributed by atoms with van der Waals surface area (Å²) in [4.78, 5) is 14.2. The fourth-order valence-electron chi connectivity index (χ4n) is 3.55. The van der Waals surface area contributed by atoms with Crippen LogP contribution in [0.5, 0.6) is 0 Å². The Balaban J connectivity index is 1.49. The third-order valence-corrected chi connectivity index (χ3v) is 8.45. The zero-order chi connectivity index (χ0) is 23.1. The first-order valence-electron chi connectivity index (χ1n) is 10.4. The van der Waals surface area contributed by atoms with Gasteiger partial charge in [-0.2, -0.15) is 0 Å². The van der Waals surface area contributed by atoms with Crippen molar-refractivity contribution >= 4 is 39.3 Å².